The summed E-state index contributed by atoms with van der Waals surface area (Å²) in [5.41, 5.74) is 0.305. The minimum Gasteiger partial charge on any atom is -0.465 e. The number of carbonyl (C=O) groups excluding carboxylic acids is 1. The summed E-state index contributed by atoms with van der Waals surface area (Å²) in [6.07, 6.45) is 1.31. The van der Waals surface area contributed by atoms with E-state index in [1.54, 1.807) is 0 Å². The van der Waals surface area contributed by atoms with Gasteiger partial charge in [0.25, 0.3) is 0 Å². The van der Waals surface area contributed by atoms with Crippen molar-refractivity contribution in [1.82, 2.24) is 15.3 Å². The number of aromatic nitrogens is 2. The van der Waals surface area contributed by atoms with Crippen LogP contribution < -0.4 is 15.1 Å². The molecule has 5 rings (SSSR count). The molecule has 37 heavy (non-hydrogen) atoms. The third-order valence-electron chi connectivity index (χ3n) is 7.10. The molecule has 194 valence electrons. The van der Waals surface area contributed by atoms with Gasteiger partial charge >= 0.3 is 12.2 Å². The number of carbonyl (C=O) groups is 2. The molecule has 10 nitrogen and oxygen atoms in total. The maximum absolute atomic E-state index is 15.1. The van der Waals surface area contributed by atoms with E-state index in [4.69, 9.17) is 16.3 Å². The van der Waals surface area contributed by atoms with Crippen LogP contribution >= 0.6 is 11.6 Å². The van der Waals surface area contributed by atoms with Gasteiger partial charge in [0.05, 0.1) is 39.1 Å². The number of hydrogen-bond donors (Lipinski definition) is 3. The first-order valence-corrected chi connectivity index (χ1v) is 12.2. The predicted octanol–water partition coefficient (Wildman–Crippen LogP) is 4.99. The topological polar surface area (TPSA) is 135 Å². The molecule has 0 bridgehead atoms. The molecule has 1 spiro atoms. The molecule has 12 heteroatoms. The Hall–Kier alpha value is -3.78. The van der Waals surface area contributed by atoms with Gasteiger partial charge in [-0.05, 0) is 33.6 Å². The van der Waals surface area contributed by atoms with Gasteiger partial charge in [-0.2, -0.15) is 5.26 Å². The number of amides is 2. The highest BCUT2D eigenvalue weighted by Crippen LogP contribution is 2.55. The molecule has 1 aromatic carbocycles. The smallest absolute Gasteiger partial charge is 0.411 e. The van der Waals surface area contributed by atoms with Crippen molar-refractivity contribution >= 4 is 57.1 Å². The molecule has 1 aliphatic heterocycles. The van der Waals surface area contributed by atoms with E-state index in [1.165, 1.54) is 13.2 Å². The van der Waals surface area contributed by atoms with Crippen LogP contribution in [0.3, 0.4) is 0 Å². The average molecular weight is 529 g/mol. The number of ether oxygens (including phenoxy) is 1. The number of H-pyrrole nitrogens is 1. The lowest BCUT2D eigenvalue weighted by Gasteiger charge is -2.22. The number of aromatic amines is 1. The fourth-order valence-electron chi connectivity index (χ4n) is 5.27. The first-order chi connectivity index (χ1) is 17.3. The zero-order valence-electron chi connectivity index (χ0n) is 20.8. The fourth-order valence-corrected chi connectivity index (χ4v) is 5.53. The van der Waals surface area contributed by atoms with Crippen LogP contribution in [0.15, 0.2) is 12.3 Å². The summed E-state index contributed by atoms with van der Waals surface area (Å²) in [5, 5.41) is 23.3. The molecule has 1 saturated carbocycles. The molecular weight excluding hydrogens is 503 g/mol. The third kappa shape index (κ3) is 4.15. The molecule has 0 radical (unpaired) electrons. The van der Waals surface area contributed by atoms with E-state index >= 15 is 4.39 Å². The molecular formula is C25H26ClFN6O4. The summed E-state index contributed by atoms with van der Waals surface area (Å²) in [7, 11) is 1.30. The number of nitriles is 1. The van der Waals surface area contributed by atoms with Gasteiger partial charge in [0.1, 0.15) is 23.1 Å². The summed E-state index contributed by atoms with van der Waals surface area (Å²) >= 11 is 6.65. The van der Waals surface area contributed by atoms with Gasteiger partial charge in [-0.25, -0.2) is 19.0 Å². The number of carboxylic acid groups (broad SMARTS) is 1. The number of benzene rings is 1. The Morgan fingerprint density at radius 3 is 2.81 bits per heavy atom. The molecule has 1 saturated heterocycles. The predicted molar refractivity (Wildman–Crippen MR) is 137 cm³/mol. The number of nitrogens with one attached hydrogen (secondary N) is 2. The molecule has 2 aliphatic rings. The lowest BCUT2D eigenvalue weighted by Crippen LogP contribution is -2.36. The molecule has 2 amide bonds. The van der Waals surface area contributed by atoms with Crippen molar-refractivity contribution in [1.29, 1.82) is 5.26 Å². The summed E-state index contributed by atoms with van der Waals surface area (Å²) in [4.78, 5) is 34.3. The number of rotatable bonds is 3. The molecule has 0 unspecified atom stereocenters. The highest BCUT2D eigenvalue weighted by molar-refractivity contribution is 6.36. The Labute approximate surface area is 216 Å². The van der Waals surface area contributed by atoms with Crippen LogP contribution in [0.2, 0.25) is 5.02 Å². The van der Waals surface area contributed by atoms with Crippen LogP contribution in [0.4, 0.5) is 25.4 Å². The van der Waals surface area contributed by atoms with Crippen molar-refractivity contribution in [3.05, 3.63) is 28.7 Å². The largest absolute Gasteiger partial charge is 0.465 e. The van der Waals surface area contributed by atoms with Gasteiger partial charge in [-0.3, -0.25) is 4.90 Å². The van der Waals surface area contributed by atoms with Crippen LogP contribution in [0, 0.1) is 22.6 Å². The molecule has 2 fully saturated rings. The standard InChI is InChI=1S/C25H26ClFN6O4/c1-24(2,3)37-22(34)30-16-8-25(16)5-6-33(11-25)20-13(26)10-29-21-18(20)17-12(9-28)14(27)7-15(19(17)31-21)32(4)23(35)36/h7,10,16H,5-6,8,11H2,1-4H3,(H,29,31)(H,30,34)(H,35,36)/t16-,25+/m0/s1. The Bertz CT molecular complexity index is 1510. The number of alkyl carbamates (subject to hydrolysis) is 1. The second-order valence-electron chi connectivity index (χ2n) is 10.7. The van der Waals surface area contributed by atoms with Crippen molar-refractivity contribution in [3.8, 4) is 6.07 Å². The minimum atomic E-state index is -1.28. The molecule has 1 aliphatic carbocycles. The Kier molecular flexibility index (Phi) is 5.64. The number of halogens is 2. The molecule has 2 aromatic heterocycles. The Morgan fingerprint density at radius 1 is 1.43 bits per heavy atom. The van der Waals surface area contributed by atoms with Gasteiger partial charge in [-0.15, -0.1) is 0 Å². The zero-order valence-corrected chi connectivity index (χ0v) is 21.5. The van der Waals surface area contributed by atoms with E-state index in [1.807, 2.05) is 26.8 Å². The van der Waals surface area contributed by atoms with Crippen molar-refractivity contribution in [2.75, 3.05) is 29.9 Å². The maximum atomic E-state index is 15.1. The molecule has 3 N–H and O–H groups in total. The fraction of sp³-hybridized carbons (Fsp3) is 0.440. The SMILES string of the molecule is CN(C(=O)O)c1cc(F)c(C#N)c2c1[nH]c1ncc(Cl)c(N3CC[C@@]4(C[C@@H]4NC(=O)OC(C)(C)C)C3)c12. The zero-order chi connectivity index (χ0) is 26.9. The van der Waals surface area contributed by atoms with Gasteiger partial charge in [0.2, 0.25) is 0 Å². The van der Waals surface area contributed by atoms with Crippen molar-refractivity contribution in [2.24, 2.45) is 5.41 Å². The molecule has 3 heterocycles. The summed E-state index contributed by atoms with van der Waals surface area (Å²) in [6, 6.07) is 2.89. The van der Waals surface area contributed by atoms with Crippen LogP contribution in [-0.2, 0) is 4.74 Å². The Balaban J connectivity index is 1.56. The lowest BCUT2D eigenvalue weighted by molar-refractivity contribution is 0.0516. The van der Waals surface area contributed by atoms with Gasteiger partial charge < -0.3 is 25.0 Å². The highest BCUT2D eigenvalue weighted by Gasteiger charge is 2.58. The summed E-state index contributed by atoms with van der Waals surface area (Å²) < 4.78 is 20.5. The van der Waals surface area contributed by atoms with Crippen LogP contribution in [0.25, 0.3) is 21.9 Å². The van der Waals surface area contributed by atoms with Gasteiger partial charge in [-0.1, -0.05) is 11.6 Å². The summed E-state index contributed by atoms with van der Waals surface area (Å²) in [5.74, 6) is -0.841. The molecule has 3 aromatic rings. The normalized spacial score (nSPS) is 20.9. The first kappa shape index (κ1) is 24.9. The quantitative estimate of drug-likeness (QED) is 0.436. The Morgan fingerprint density at radius 2 is 2.16 bits per heavy atom. The number of pyridine rings is 1. The van der Waals surface area contributed by atoms with Gasteiger partial charge in [0, 0.05) is 43.0 Å². The van der Waals surface area contributed by atoms with E-state index in [9.17, 15) is 20.0 Å². The van der Waals surface area contributed by atoms with E-state index in [0.717, 1.165) is 23.8 Å². The second-order valence-corrected chi connectivity index (χ2v) is 11.1. The van der Waals surface area contributed by atoms with Crippen LogP contribution in [0.5, 0.6) is 0 Å². The van der Waals surface area contributed by atoms with Crippen molar-refractivity contribution in [2.45, 2.75) is 45.3 Å². The highest BCUT2D eigenvalue weighted by atomic mass is 35.5. The van der Waals surface area contributed by atoms with Crippen molar-refractivity contribution < 1.29 is 23.8 Å². The van der Waals surface area contributed by atoms with Crippen molar-refractivity contribution in [3.63, 3.8) is 0 Å². The molecule has 2 atom stereocenters. The summed E-state index contributed by atoms with van der Waals surface area (Å²) in [6.45, 7) is 6.63. The first-order valence-electron chi connectivity index (χ1n) is 11.8. The van der Waals surface area contributed by atoms with E-state index in [2.05, 4.69) is 20.2 Å². The minimum absolute atomic E-state index is 0.0469. The van der Waals surface area contributed by atoms with Crippen LogP contribution in [-0.4, -0.2) is 59.0 Å². The maximum Gasteiger partial charge on any atom is 0.411 e. The van der Waals surface area contributed by atoms with E-state index < -0.39 is 23.6 Å². The monoisotopic (exact) mass is 528 g/mol. The third-order valence-corrected chi connectivity index (χ3v) is 7.38. The average Bonchev–Trinajstić information content (AvgIpc) is 3.12. The lowest BCUT2D eigenvalue weighted by atomic mass is 10.0. The van der Waals surface area contributed by atoms with E-state index in [-0.39, 0.29) is 33.6 Å². The number of anilines is 2. The van der Waals surface area contributed by atoms with Gasteiger partial charge in [0.15, 0.2) is 0 Å². The second kappa shape index (κ2) is 8.38. The number of fused-ring (bicyclic) bond motifs is 3. The van der Waals surface area contributed by atoms with Crippen LogP contribution in [0.1, 0.15) is 39.2 Å². The number of nitrogens with zero attached hydrogens (tertiary/aromatic N) is 4. The van der Waals surface area contributed by atoms with E-state index in [0.29, 0.717) is 34.8 Å². The number of hydrogen-bond acceptors (Lipinski definition) is 6.